The lowest BCUT2D eigenvalue weighted by Gasteiger charge is -2.08. The third kappa shape index (κ3) is 6.51. The molecule has 0 aliphatic heterocycles. The van der Waals surface area contributed by atoms with Crippen molar-refractivity contribution in [3.63, 3.8) is 0 Å². The van der Waals surface area contributed by atoms with Gasteiger partial charge in [-0.25, -0.2) is 13.1 Å². The van der Waals surface area contributed by atoms with Crippen molar-refractivity contribution in [1.82, 2.24) is 19.7 Å². The standard InChI is InChI=1S/C13H18N6O5S2/c1-25(20,21)15-7-3-6-11-17-12(14)19-13(18-11)16-9-4-2-5-10(8-9)26(22,23)24/h2,4-5,8,15H,3,6-7H2,1H3,(H,22,23,24)(H3,14,16,17,18,19). The van der Waals surface area contributed by atoms with Crippen LogP contribution in [0.2, 0.25) is 0 Å². The molecule has 1 heterocycles. The normalized spacial score (nSPS) is 12.1. The Bertz CT molecular complexity index is 994. The van der Waals surface area contributed by atoms with Gasteiger partial charge in [-0.1, -0.05) is 6.07 Å². The van der Waals surface area contributed by atoms with Gasteiger partial charge in [-0.3, -0.25) is 4.55 Å². The number of sulfonamides is 1. The van der Waals surface area contributed by atoms with Gasteiger partial charge in [0.05, 0.1) is 11.2 Å². The number of nitrogens with two attached hydrogens (primary N) is 1. The molecular weight excluding hydrogens is 384 g/mol. The summed E-state index contributed by atoms with van der Waals surface area (Å²) in [6.45, 7) is 0.226. The first-order valence-corrected chi connectivity index (χ1v) is 10.7. The highest BCUT2D eigenvalue weighted by molar-refractivity contribution is 7.88. The molecule has 0 amide bonds. The summed E-state index contributed by atoms with van der Waals surface area (Å²) in [7, 11) is -7.60. The minimum atomic E-state index is -4.33. The Morgan fingerprint density at radius 1 is 1.15 bits per heavy atom. The number of rotatable bonds is 8. The molecule has 2 rings (SSSR count). The summed E-state index contributed by atoms with van der Waals surface area (Å²) in [6.07, 6.45) is 1.87. The van der Waals surface area contributed by atoms with Crippen molar-refractivity contribution < 1.29 is 21.4 Å². The van der Waals surface area contributed by atoms with E-state index in [-0.39, 0.29) is 23.3 Å². The lowest BCUT2D eigenvalue weighted by Crippen LogP contribution is -2.23. The Morgan fingerprint density at radius 2 is 1.88 bits per heavy atom. The number of nitrogens with zero attached hydrogens (tertiary/aromatic N) is 3. The van der Waals surface area contributed by atoms with Crippen LogP contribution in [0.1, 0.15) is 12.2 Å². The van der Waals surface area contributed by atoms with E-state index in [1.54, 1.807) is 6.07 Å². The van der Waals surface area contributed by atoms with Crippen molar-refractivity contribution in [1.29, 1.82) is 0 Å². The van der Waals surface area contributed by atoms with E-state index in [2.05, 4.69) is 25.0 Å². The van der Waals surface area contributed by atoms with Gasteiger partial charge in [0.1, 0.15) is 5.82 Å². The van der Waals surface area contributed by atoms with E-state index in [0.29, 0.717) is 24.4 Å². The van der Waals surface area contributed by atoms with Crippen LogP contribution in [-0.4, -0.2) is 49.1 Å². The van der Waals surface area contributed by atoms with Crippen LogP contribution >= 0.6 is 0 Å². The third-order valence-electron chi connectivity index (χ3n) is 3.03. The minimum absolute atomic E-state index is 0.0421. The molecule has 142 valence electrons. The highest BCUT2D eigenvalue weighted by Gasteiger charge is 2.11. The first-order valence-electron chi connectivity index (χ1n) is 7.32. The fraction of sp³-hybridized carbons (Fsp3) is 0.308. The summed E-state index contributed by atoms with van der Waals surface area (Å²) in [5, 5.41) is 2.78. The number of benzene rings is 1. The molecule has 13 heteroatoms. The Balaban J connectivity index is 2.10. The average molecular weight is 402 g/mol. The summed E-state index contributed by atoms with van der Waals surface area (Å²) in [5.41, 5.74) is 5.97. The van der Waals surface area contributed by atoms with E-state index in [1.807, 2.05) is 0 Å². The van der Waals surface area contributed by atoms with Crippen molar-refractivity contribution in [3.05, 3.63) is 30.1 Å². The van der Waals surface area contributed by atoms with E-state index in [0.717, 1.165) is 6.26 Å². The monoisotopic (exact) mass is 402 g/mol. The number of aromatic nitrogens is 3. The average Bonchev–Trinajstić information content (AvgIpc) is 2.50. The van der Waals surface area contributed by atoms with Crippen molar-refractivity contribution in [2.45, 2.75) is 17.7 Å². The fourth-order valence-corrected chi connectivity index (χ4v) is 3.01. The number of hydrogen-bond donors (Lipinski definition) is 4. The molecule has 0 radical (unpaired) electrons. The van der Waals surface area contributed by atoms with Crippen LogP contribution in [0.15, 0.2) is 29.2 Å². The Hall–Kier alpha value is -2.35. The van der Waals surface area contributed by atoms with Gasteiger partial charge in [-0.15, -0.1) is 0 Å². The van der Waals surface area contributed by atoms with Crippen LogP contribution in [-0.2, 0) is 26.6 Å². The predicted molar refractivity (Wildman–Crippen MR) is 94.9 cm³/mol. The van der Waals surface area contributed by atoms with Crippen LogP contribution in [0.3, 0.4) is 0 Å². The number of nitrogen functional groups attached to an aromatic ring is 1. The zero-order valence-electron chi connectivity index (χ0n) is 13.7. The molecule has 0 spiro atoms. The van der Waals surface area contributed by atoms with Gasteiger partial charge in [-0.2, -0.15) is 23.4 Å². The van der Waals surface area contributed by atoms with Crippen molar-refractivity contribution >= 4 is 37.7 Å². The Kier molecular flexibility index (Phi) is 6.07. The molecule has 11 nitrogen and oxygen atoms in total. The van der Waals surface area contributed by atoms with Gasteiger partial charge in [0.2, 0.25) is 21.9 Å². The second-order valence-corrected chi connectivity index (χ2v) is 8.59. The van der Waals surface area contributed by atoms with Crippen molar-refractivity contribution in [2.75, 3.05) is 23.9 Å². The maximum atomic E-state index is 11.2. The maximum Gasteiger partial charge on any atom is 0.294 e. The zero-order valence-corrected chi connectivity index (χ0v) is 15.4. The fourth-order valence-electron chi connectivity index (χ4n) is 1.97. The summed E-state index contributed by atoms with van der Waals surface area (Å²) in [4.78, 5) is 11.7. The maximum absolute atomic E-state index is 11.2. The highest BCUT2D eigenvalue weighted by atomic mass is 32.2. The molecule has 0 bridgehead atoms. The number of aryl methyl sites for hydroxylation is 1. The van der Waals surface area contributed by atoms with Gasteiger partial charge < -0.3 is 11.1 Å². The molecule has 0 saturated carbocycles. The summed E-state index contributed by atoms with van der Waals surface area (Å²) < 4.78 is 55.8. The molecule has 5 N–H and O–H groups in total. The van der Waals surface area contributed by atoms with Crippen LogP contribution < -0.4 is 15.8 Å². The second kappa shape index (κ2) is 7.90. The van der Waals surface area contributed by atoms with E-state index in [4.69, 9.17) is 10.3 Å². The summed E-state index contributed by atoms with van der Waals surface area (Å²) in [6, 6.07) is 5.45. The Morgan fingerprint density at radius 3 is 2.54 bits per heavy atom. The zero-order chi connectivity index (χ0) is 19.4. The lowest BCUT2D eigenvalue weighted by atomic mass is 10.3. The van der Waals surface area contributed by atoms with Gasteiger partial charge in [0.25, 0.3) is 10.1 Å². The molecule has 1 aromatic heterocycles. The second-order valence-electron chi connectivity index (χ2n) is 5.33. The van der Waals surface area contributed by atoms with Gasteiger partial charge in [0.15, 0.2) is 0 Å². The molecular formula is C13H18N6O5S2. The van der Waals surface area contributed by atoms with E-state index < -0.39 is 20.1 Å². The SMILES string of the molecule is CS(=O)(=O)NCCCc1nc(N)nc(Nc2cccc(S(=O)(=O)O)c2)n1. The van der Waals surface area contributed by atoms with E-state index >= 15 is 0 Å². The summed E-state index contributed by atoms with van der Waals surface area (Å²) in [5.74, 6) is 0.400. The number of nitrogens with one attached hydrogen (secondary N) is 2. The minimum Gasteiger partial charge on any atom is -0.368 e. The van der Waals surface area contributed by atoms with Crippen LogP contribution in [0.4, 0.5) is 17.6 Å². The van der Waals surface area contributed by atoms with Gasteiger partial charge in [0, 0.05) is 18.7 Å². The highest BCUT2D eigenvalue weighted by Crippen LogP contribution is 2.18. The summed E-state index contributed by atoms with van der Waals surface area (Å²) >= 11 is 0. The molecule has 0 saturated heterocycles. The smallest absolute Gasteiger partial charge is 0.294 e. The molecule has 0 aliphatic rings. The van der Waals surface area contributed by atoms with Gasteiger partial charge in [-0.05, 0) is 24.6 Å². The Labute approximate surface area is 150 Å². The van der Waals surface area contributed by atoms with E-state index in [9.17, 15) is 16.8 Å². The van der Waals surface area contributed by atoms with Crippen molar-refractivity contribution in [3.8, 4) is 0 Å². The van der Waals surface area contributed by atoms with Crippen LogP contribution in [0, 0.1) is 0 Å². The largest absolute Gasteiger partial charge is 0.368 e. The lowest BCUT2D eigenvalue weighted by molar-refractivity contribution is 0.483. The first kappa shape index (κ1) is 20.0. The number of anilines is 3. The molecule has 0 fully saturated rings. The van der Waals surface area contributed by atoms with Gasteiger partial charge >= 0.3 is 0 Å². The third-order valence-corrected chi connectivity index (χ3v) is 4.61. The predicted octanol–water partition coefficient (Wildman–Crippen LogP) is -0.0741. The molecule has 1 aromatic carbocycles. The van der Waals surface area contributed by atoms with Crippen LogP contribution in [0.5, 0.6) is 0 Å². The molecule has 26 heavy (non-hydrogen) atoms. The topological polar surface area (TPSA) is 177 Å². The first-order chi connectivity index (χ1) is 12.0. The van der Waals surface area contributed by atoms with E-state index in [1.165, 1.54) is 18.2 Å². The molecule has 0 unspecified atom stereocenters. The van der Waals surface area contributed by atoms with Crippen molar-refractivity contribution in [2.24, 2.45) is 0 Å². The number of hydrogen-bond acceptors (Lipinski definition) is 9. The molecule has 0 atom stereocenters. The molecule has 2 aromatic rings. The van der Waals surface area contributed by atoms with Crippen LogP contribution in [0.25, 0.3) is 0 Å². The quantitative estimate of drug-likeness (QED) is 0.345. The molecule has 0 aliphatic carbocycles.